The van der Waals surface area contributed by atoms with E-state index in [1.165, 1.54) is 12.1 Å². The molecule has 0 aliphatic carbocycles. The van der Waals surface area contributed by atoms with E-state index >= 15 is 0 Å². The quantitative estimate of drug-likeness (QED) is 0.790. The minimum Gasteiger partial charge on any atom is -0.489 e. The van der Waals surface area contributed by atoms with Crippen molar-refractivity contribution in [2.75, 3.05) is 0 Å². The van der Waals surface area contributed by atoms with Gasteiger partial charge in [-0.1, -0.05) is 35.9 Å². The topological polar surface area (TPSA) is 43.4 Å². The van der Waals surface area contributed by atoms with Crippen molar-refractivity contribution in [1.29, 1.82) is 0 Å². The van der Waals surface area contributed by atoms with Gasteiger partial charge in [0.05, 0.1) is 4.90 Å². The first-order chi connectivity index (χ1) is 9.38. The molecular formula is C14H12Cl2O3S. The minimum atomic E-state index is -3.77. The summed E-state index contributed by atoms with van der Waals surface area (Å²) in [5.41, 5.74) is 1.65. The Morgan fingerprint density at radius 1 is 1.15 bits per heavy atom. The zero-order valence-corrected chi connectivity index (χ0v) is 13.0. The van der Waals surface area contributed by atoms with E-state index < -0.39 is 9.05 Å². The van der Waals surface area contributed by atoms with Crippen LogP contribution in [0.3, 0.4) is 0 Å². The van der Waals surface area contributed by atoms with Crippen molar-refractivity contribution in [3.05, 3.63) is 58.6 Å². The van der Waals surface area contributed by atoms with Gasteiger partial charge in [0, 0.05) is 27.3 Å². The molecule has 0 unspecified atom stereocenters. The second-order valence-corrected chi connectivity index (χ2v) is 7.22. The Labute approximate surface area is 127 Å². The van der Waals surface area contributed by atoms with Gasteiger partial charge in [-0.2, -0.15) is 0 Å². The Balaban J connectivity index is 2.24. The average Bonchev–Trinajstić information content (AvgIpc) is 2.38. The van der Waals surface area contributed by atoms with Crippen LogP contribution in [0, 0.1) is 6.92 Å². The van der Waals surface area contributed by atoms with Crippen LogP contribution >= 0.6 is 22.3 Å². The number of hydrogen-bond donors (Lipinski definition) is 0. The number of hydrogen-bond acceptors (Lipinski definition) is 3. The average molecular weight is 331 g/mol. The Hall–Kier alpha value is -1.23. The molecule has 2 aromatic rings. The third kappa shape index (κ3) is 3.66. The van der Waals surface area contributed by atoms with E-state index in [0.29, 0.717) is 10.8 Å². The molecule has 0 spiro atoms. The third-order valence-corrected chi connectivity index (χ3v) is 4.50. The SMILES string of the molecule is Cc1ccc(S(=O)(=O)Cl)cc1OCc1ccccc1Cl. The Kier molecular flexibility index (Phi) is 4.58. The summed E-state index contributed by atoms with van der Waals surface area (Å²) in [5.74, 6) is 0.464. The lowest BCUT2D eigenvalue weighted by atomic mass is 10.2. The van der Waals surface area contributed by atoms with Gasteiger partial charge in [-0.05, 0) is 24.6 Å². The van der Waals surface area contributed by atoms with Crippen molar-refractivity contribution in [3.8, 4) is 5.75 Å². The van der Waals surface area contributed by atoms with Gasteiger partial charge in [-0.15, -0.1) is 0 Å². The molecule has 0 saturated heterocycles. The molecule has 0 heterocycles. The summed E-state index contributed by atoms with van der Waals surface area (Å²) in [6.07, 6.45) is 0. The predicted octanol–water partition coefficient (Wildman–Crippen LogP) is 4.15. The van der Waals surface area contributed by atoms with Crippen LogP contribution in [-0.2, 0) is 15.7 Å². The van der Waals surface area contributed by atoms with E-state index in [4.69, 9.17) is 27.0 Å². The van der Waals surface area contributed by atoms with Crippen LogP contribution < -0.4 is 4.74 Å². The molecule has 0 fully saturated rings. The van der Waals surface area contributed by atoms with Gasteiger partial charge >= 0.3 is 0 Å². The standard InChI is InChI=1S/C14H12Cl2O3S/c1-10-6-7-12(20(16,17)18)8-14(10)19-9-11-4-2-3-5-13(11)15/h2-8H,9H2,1H3. The van der Waals surface area contributed by atoms with E-state index in [1.54, 1.807) is 12.1 Å². The van der Waals surface area contributed by atoms with Crippen molar-refractivity contribution in [3.63, 3.8) is 0 Å². The molecule has 0 amide bonds. The van der Waals surface area contributed by atoms with Gasteiger partial charge in [0.25, 0.3) is 9.05 Å². The maximum atomic E-state index is 11.3. The van der Waals surface area contributed by atoms with Gasteiger partial charge in [0.1, 0.15) is 12.4 Å². The molecule has 106 valence electrons. The van der Waals surface area contributed by atoms with E-state index in [9.17, 15) is 8.42 Å². The van der Waals surface area contributed by atoms with Gasteiger partial charge in [0.15, 0.2) is 0 Å². The predicted molar refractivity (Wildman–Crippen MR) is 80.0 cm³/mol. The lowest BCUT2D eigenvalue weighted by molar-refractivity contribution is 0.303. The van der Waals surface area contributed by atoms with Gasteiger partial charge < -0.3 is 4.74 Å². The maximum Gasteiger partial charge on any atom is 0.261 e. The van der Waals surface area contributed by atoms with E-state index in [-0.39, 0.29) is 11.5 Å². The van der Waals surface area contributed by atoms with Crippen molar-refractivity contribution in [1.82, 2.24) is 0 Å². The number of aryl methyl sites for hydroxylation is 1. The molecule has 20 heavy (non-hydrogen) atoms. The monoisotopic (exact) mass is 330 g/mol. The van der Waals surface area contributed by atoms with Crippen molar-refractivity contribution < 1.29 is 13.2 Å². The summed E-state index contributed by atoms with van der Waals surface area (Å²) in [5, 5.41) is 0.603. The van der Waals surface area contributed by atoms with Crippen LogP contribution in [0.4, 0.5) is 0 Å². The highest BCUT2D eigenvalue weighted by molar-refractivity contribution is 8.13. The van der Waals surface area contributed by atoms with Crippen molar-refractivity contribution in [2.45, 2.75) is 18.4 Å². The molecule has 0 atom stereocenters. The Bertz CT molecular complexity index is 727. The summed E-state index contributed by atoms with van der Waals surface area (Å²) in [6.45, 7) is 2.08. The highest BCUT2D eigenvalue weighted by atomic mass is 35.7. The van der Waals surface area contributed by atoms with Crippen LogP contribution in [0.25, 0.3) is 0 Å². The van der Waals surface area contributed by atoms with E-state index in [2.05, 4.69) is 0 Å². The van der Waals surface area contributed by atoms with Crippen LogP contribution in [-0.4, -0.2) is 8.42 Å². The van der Waals surface area contributed by atoms with Gasteiger partial charge in [0.2, 0.25) is 0 Å². The first-order valence-corrected chi connectivity index (χ1v) is 8.48. The number of rotatable bonds is 4. The van der Waals surface area contributed by atoms with Crippen molar-refractivity contribution >= 4 is 31.3 Å². The lowest BCUT2D eigenvalue weighted by Crippen LogP contribution is -1.99. The summed E-state index contributed by atoms with van der Waals surface area (Å²) < 4.78 is 28.3. The van der Waals surface area contributed by atoms with Crippen molar-refractivity contribution in [2.24, 2.45) is 0 Å². The molecule has 0 aromatic heterocycles. The molecule has 0 bridgehead atoms. The second kappa shape index (κ2) is 6.04. The molecule has 0 aliphatic rings. The molecule has 0 N–H and O–H groups in total. The fourth-order valence-electron chi connectivity index (χ4n) is 1.66. The second-order valence-electron chi connectivity index (χ2n) is 4.25. The first-order valence-electron chi connectivity index (χ1n) is 5.79. The van der Waals surface area contributed by atoms with Crippen LogP contribution in [0.1, 0.15) is 11.1 Å². The third-order valence-electron chi connectivity index (χ3n) is 2.78. The summed E-state index contributed by atoms with van der Waals surface area (Å²) in [6, 6.07) is 11.8. The normalized spacial score (nSPS) is 11.3. The smallest absolute Gasteiger partial charge is 0.261 e. The first kappa shape index (κ1) is 15.2. The highest BCUT2D eigenvalue weighted by Gasteiger charge is 2.12. The molecule has 2 rings (SSSR count). The fraction of sp³-hybridized carbons (Fsp3) is 0.143. The molecular weight excluding hydrogens is 319 g/mol. The summed E-state index contributed by atoms with van der Waals surface area (Å²) in [4.78, 5) is 0.0129. The maximum absolute atomic E-state index is 11.3. The molecule has 0 radical (unpaired) electrons. The lowest BCUT2D eigenvalue weighted by Gasteiger charge is -2.11. The number of halogens is 2. The van der Waals surface area contributed by atoms with Crippen LogP contribution in [0.15, 0.2) is 47.4 Å². The zero-order valence-electron chi connectivity index (χ0n) is 10.6. The minimum absolute atomic E-state index is 0.0129. The van der Waals surface area contributed by atoms with Crippen LogP contribution in [0.5, 0.6) is 5.75 Å². The molecule has 2 aromatic carbocycles. The molecule has 0 saturated carbocycles. The molecule has 6 heteroatoms. The highest BCUT2D eigenvalue weighted by Crippen LogP contribution is 2.26. The van der Waals surface area contributed by atoms with E-state index in [0.717, 1.165) is 11.1 Å². The molecule has 3 nitrogen and oxygen atoms in total. The summed E-state index contributed by atoms with van der Waals surface area (Å²) in [7, 11) is 1.55. The molecule has 0 aliphatic heterocycles. The largest absolute Gasteiger partial charge is 0.489 e. The fourth-order valence-corrected chi connectivity index (χ4v) is 2.62. The van der Waals surface area contributed by atoms with Gasteiger partial charge in [-0.3, -0.25) is 0 Å². The van der Waals surface area contributed by atoms with Crippen LogP contribution in [0.2, 0.25) is 5.02 Å². The summed E-state index contributed by atoms with van der Waals surface area (Å²) >= 11 is 6.04. The number of ether oxygens (including phenoxy) is 1. The Morgan fingerprint density at radius 3 is 2.50 bits per heavy atom. The number of benzene rings is 2. The van der Waals surface area contributed by atoms with E-state index in [1.807, 2.05) is 25.1 Å². The van der Waals surface area contributed by atoms with Gasteiger partial charge in [-0.25, -0.2) is 8.42 Å². The Morgan fingerprint density at radius 2 is 1.85 bits per heavy atom. The zero-order chi connectivity index (χ0) is 14.8.